The summed E-state index contributed by atoms with van der Waals surface area (Å²) in [5, 5.41) is 1.26. The van der Waals surface area contributed by atoms with Gasteiger partial charge in [-0.1, -0.05) is 29.3 Å². The molecule has 0 saturated carbocycles. The van der Waals surface area contributed by atoms with Crippen LogP contribution in [-0.2, 0) is 13.0 Å². The summed E-state index contributed by atoms with van der Waals surface area (Å²) in [5.41, 5.74) is 7.22. The Bertz CT molecular complexity index is 491. The van der Waals surface area contributed by atoms with E-state index in [9.17, 15) is 0 Å². The van der Waals surface area contributed by atoms with Crippen LogP contribution in [0.3, 0.4) is 0 Å². The van der Waals surface area contributed by atoms with Crippen LogP contribution >= 0.6 is 23.2 Å². The van der Waals surface area contributed by atoms with Gasteiger partial charge < -0.3 is 5.73 Å². The van der Waals surface area contributed by atoms with Crippen molar-refractivity contribution in [3.05, 3.63) is 57.6 Å². The van der Waals surface area contributed by atoms with Gasteiger partial charge in [0.05, 0.1) is 0 Å². The molecule has 0 unspecified atom stereocenters. The number of hydrogen-bond acceptors (Lipinski definition) is 3. The maximum Gasteiger partial charge on any atom is 0.132 e. The van der Waals surface area contributed by atoms with Gasteiger partial charge >= 0.3 is 0 Å². The monoisotopic (exact) mass is 267 g/mol. The molecule has 2 rings (SSSR count). The van der Waals surface area contributed by atoms with Gasteiger partial charge in [0.15, 0.2) is 0 Å². The van der Waals surface area contributed by atoms with E-state index >= 15 is 0 Å². The van der Waals surface area contributed by atoms with E-state index in [0.29, 0.717) is 28.8 Å². The van der Waals surface area contributed by atoms with Crippen LogP contribution in [0.15, 0.2) is 30.6 Å². The lowest BCUT2D eigenvalue weighted by atomic mass is 10.1. The molecule has 17 heavy (non-hydrogen) atoms. The molecule has 0 atom stereocenters. The zero-order chi connectivity index (χ0) is 12.3. The first-order chi connectivity index (χ1) is 8.20. The minimum Gasteiger partial charge on any atom is -0.326 e. The van der Waals surface area contributed by atoms with Crippen LogP contribution in [0.4, 0.5) is 0 Å². The van der Waals surface area contributed by atoms with E-state index < -0.39 is 0 Å². The number of aromatic nitrogens is 2. The zero-order valence-electron chi connectivity index (χ0n) is 9.03. The van der Waals surface area contributed by atoms with Crippen LogP contribution in [0.2, 0.25) is 10.0 Å². The fraction of sp³-hybridized carbons (Fsp3) is 0.167. The topological polar surface area (TPSA) is 51.8 Å². The van der Waals surface area contributed by atoms with E-state index in [1.807, 2.05) is 6.07 Å². The molecule has 0 amide bonds. The third kappa shape index (κ3) is 2.94. The Balaban J connectivity index is 2.25. The molecule has 5 heteroatoms. The number of nitrogens with zero attached hydrogens (tertiary/aromatic N) is 2. The van der Waals surface area contributed by atoms with Crippen LogP contribution in [0.25, 0.3) is 0 Å². The minimum atomic E-state index is 0.438. The molecular weight excluding hydrogens is 257 g/mol. The van der Waals surface area contributed by atoms with Gasteiger partial charge in [-0.2, -0.15) is 0 Å². The number of hydrogen-bond donors (Lipinski definition) is 1. The summed E-state index contributed by atoms with van der Waals surface area (Å²) in [6, 6.07) is 5.42. The molecule has 1 heterocycles. The van der Waals surface area contributed by atoms with Crippen LogP contribution in [-0.4, -0.2) is 9.97 Å². The van der Waals surface area contributed by atoms with Crippen LogP contribution in [0.5, 0.6) is 0 Å². The molecule has 2 aromatic rings. The largest absolute Gasteiger partial charge is 0.326 e. The van der Waals surface area contributed by atoms with Crippen molar-refractivity contribution in [1.29, 1.82) is 0 Å². The normalized spacial score (nSPS) is 10.5. The average Bonchev–Trinajstić information content (AvgIpc) is 2.35. The third-order valence-electron chi connectivity index (χ3n) is 2.39. The first-order valence-corrected chi connectivity index (χ1v) is 5.89. The molecule has 0 aliphatic carbocycles. The Morgan fingerprint density at radius 3 is 2.18 bits per heavy atom. The maximum absolute atomic E-state index is 6.08. The first-order valence-electron chi connectivity index (χ1n) is 5.13. The molecule has 0 fully saturated rings. The van der Waals surface area contributed by atoms with E-state index in [1.165, 1.54) is 0 Å². The zero-order valence-corrected chi connectivity index (χ0v) is 10.5. The summed E-state index contributed by atoms with van der Waals surface area (Å²) in [6.07, 6.45) is 3.95. The second-order valence-corrected chi connectivity index (χ2v) is 4.40. The number of nitrogens with two attached hydrogens (primary N) is 1. The summed E-state index contributed by atoms with van der Waals surface area (Å²) < 4.78 is 0. The molecule has 3 nitrogen and oxygen atoms in total. The van der Waals surface area contributed by atoms with Gasteiger partial charge in [-0.05, 0) is 17.7 Å². The SMILES string of the molecule is NCc1cnc(Cc2c(Cl)cccc2Cl)nc1. The highest BCUT2D eigenvalue weighted by atomic mass is 35.5. The fourth-order valence-corrected chi connectivity index (χ4v) is 1.97. The molecule has 0 radical (unpaired) electrons. The minimum absolute atomic E-state index is 0.438. The highest BCUT2D eigenvalue weighted by Crippen LogP contribution is 2.25. The van der Waals surface area contributed by atoms with Crippen molar-refractivity contribution in [2.24, 2.45) is 5.73 Å². The van der Waals surface area contributed by atoms with Crippen molar-refractivity contribution in [3.8, 4) is 0 Å². The van der Waals surface area contributed by atoms with Crippen molar-refractivity contribution in [2.45, 2.75) is 13.0 Å². The van der Waals surface area contributed by atoms with Gasteiger partial charge in [0.1, 0.15) is 5.82 Å². The van der Waals surface area contributed by atoms with Gasteiger partial charge in [0.25, 0.3) is 0 Å². The smallest absolute Gasteiger partial charge is 0.132 e. The average molecular weight is 268 g/mol. The van der Waals surface area contributed by atoms with E-state index in [0.717, 1.165) is 11.1 Å². The standard InChI is InChI=1S/C12H11Cl2N3/c13-10-2-1-3-11(14)9(10)4-12-16-6-8(5-15)7-17-12/h1-3,6-7H,4-5,15H2. The molecule has 88 valence electrons. The van der Waals surface area contributed by atoms with Crippen molar-refractivity contribution < 1.29 is 0 Å². The summed E-state index contributed by atoms with van der Waals surface area (Å²) in [6.45, 7) is 0.438. The summed E-state index contributed by atoms with van der Waals surface area (Å²) in [5.74, 6) is 0.678. The lowest BCUT2D eigenvalue weighted by Gasteiger charge is -2.06. The molecule has 0 aliphatic heterocycles. The summed E-state index contributed by atoms with van der Waals surface area (Å²) in [7, 11) is 0. The van der Waals surface area contributed by atoms with E-state index in [4.69, 9.17) is 28.9 Å². The van der Waals surface area contributed by atoms with E-state index in [1.54, 1.807) is 24.5 Å². The summed E-state index contributed by atoms with van der Waals surface area (Å²) in [4.78, 5) is 8.44. The molecule has 1 aromatic heterocycles. The van der Waals surface area contributed by atoms with Crippen molar-refractivity contribution >= 4 is 23.2 Å². The molecule has 2 N–H and O–H groups in total. The fourth-order valence-electron chi connectivity index (χ4n) is 1.44. The first kappa shape index (κ1) is 12.3. The molecule has 0 bridgehead atoms. The Morgan fingerprint density at radius 1 is 1.06 bits per heavy atom. The lowest BCUT2D eigenvalue weighted by molar-refractivity contribution is 0.925. The number of halogens is 2. The second-order valence-electron chi connectivity index (χ2n) is 3.59. The highest BCUT2D eigenvalue weighted by molar-refractivity contribution is 6.36. The van der Waals surface area contributed by atoms with E-state index in [-0.39, 0.29) is 0 Å². The van der Waals surface area contributed by atoms with Crippen LogP contribution in [0, 0.1) is 0 Å². The van der Waals surface area contributed by atoms with Crippen LogP contribution in [0.1, 0.15) is 17.0 Å². The molecule has 0 saturated heterocycles. The molecule has 0 spiro atoms. The van der Waals surface area contributed by atoms with Gasteiger partial charge in [-0.15, -0.1) is 0 Å². The second kappa shape index (κ2) is 5.45. The number of benzene rings is 1. The molecule has 0 aliphatic rings. The quantitative estimate of drug-likeness (QED) is 0.931. The predicted molar refractivity (Wildman–Crippen MR) is 69.2 cm³/mol. The lowest BCUT2D eigenvalue weighted by Crippen LogP contribution is -2.02. The predicted octanol–water partition coefficient (Wildman–Crippen LogP) is 2.83. The van der Waals surface area contributed by atoms with Crippen molar-refractivity contribution in [2.75, 3.05) is 0 Å². The van der Waals surface area contributed by atoms with Gasteiger partial charge in [0.2, 0.25) is 0 Å². The Kier molecular flexibility index (Phi) is 3.94. The Labute approximate surface area is 110 Å². The van der Waals surface area contributed by atoms with Crippen molar-refractivity contribution in [1.82, 2.24) is 9.97 Å². The number of rotatable bonds is 3. The summed E-state index contributed by atoms with van der Waals surface area (Å²) >= 11 is 12.2. The van der Waals surface area contributed by atoms with Gasteiger partial charge in [0, 0.05) is 41.0 Å². The Hall–Kier alpha value is -1.16. The third-order valence-corrected chi connectivity index (χ3v) is 3.10. The maximum atomic E-state index is 6.08. The Morgan fingerprint density at radius 2 is 1.65 bits per heavy atom. The van der Waals surface area contributed by atoms with Crippen LogP contribution < -0.4 is 5.73 Å². The molecule has 1 aromatic carbocycles. The highest BCUT2D eigenvalue weighted by Gasteiger charge is 2.08. The van der Waals surface area contributed by atoms with Gasteiger partial charge in [-0.3, -0.25) is 0 Å². The van der Waals surface area contributed by atoms with Crippen molar-refractivity contribution in [3.63, 3.8) is 0 Å². The molecular formula is C12H11Cl2N3. The van der Waals surface area contributed by atoms with E-state index in [2.05, 4.69) is 9.97 Å². The van der Waals surface area contributed by atoms with Gasteiger partial charge in [-0.25, -0.2) is 9.97 Å².